The normalized spacial score (nSPS) is 12.3. The highest BCUT2D eigenvalue weighted by Crippen LogP contribution is 2.22. The molecule has 1 atom stereocenters. The number of hydrogen-bond acceptors (Lipinski definition) is 3. The van der Waals surface area contributed by atoms with Crippen LogP contribution in [0.25, 0.3) is 0 Å². The number of amides is 1. The molecule has 0 radical (unpaired) electrons. The molecular formula is C25H28N2O3S. The molecule has 0 saturated carbocycles. The van der Waals surface area contributed by atoms with E-state index in [1.165, 1.54) is 16.1 Å². The average molecular weight is 437 g/mol. The Balaban J connectivity index is 1.75. The van der Waals surface area contributed by atoms with Gasteiger partial charge >= 0.3 is 0 Å². The molecule has 162 valence electrons. The van der Waals surface area contributed by atoms with Gasteiger partial charge in [0.2, 0.25) is 10.0 Å². The maximum absolute atomic E-state index is 12.7. The molecule has 0 saturated heterocycles. The van der Waals surface area contributed by atoms with Crippen molar-refractivity contribution in [3.63, 3.8) is 0 Å². The average Bonchev–Trinajstić information content (AvgIpc) is 2.73. The second-order valence-electron chi connectivity index (χ2n) is 7.91. The van der Waals surface area contributed by atoms with Crippen molar-refractivity contribution in [2.75, 3.05) is 10.6 Å². The Kier molecular flexibility index (Phi) is 6.81. The highest BCUT2D eigenvalue weighted by atomic mass is 32.2. The lowest BCUT2D eigenvalue weighted by Gasteiger charge is -2.23. The van der Waals surface area contributed by atoms with Gasteiger partial charge in [0.15, 0.2) is 0 Å². The summed E-state index contributed by atoms with van der Waals surface area (Å²) in [6, 6.07) is 22.3. The topological polar surface area (TPSA) is 66.5 Å². The number of benzene rings is 3. The van der Waals surface area contributed by atoms with E-state index in [0.717, 1.165) is 16.7 Å². The Bertz CT molecular complexity index is 1140. The number of sulfonamides is 1. The molecule has 3 aromatic carbocycles. The Morgan fingerprint density at radius 3 is 1.90 bits per heavy atom. The lowest BCUT2D eigenvalue weighted by molar-refractivity contribution is 0.0940. The maximum Gasteiger partial charge on any atom is 0.251 e. The van der Waals surface area contributed by atoms with Crippen molar-refractivity contribution in [1.29, 1.82) is 0 Å². The standard InChI is InChI=1S/C25H28N2O3S/c1-18-5-9-21(10-6-18)17-27(31(4,29)30)24-15-13-23(14-16-24)25(28)26-20(3)22-11-7-19(2)8-12-22/h5-16,20H,17H2,1-4H3,(H,26,28)/t20-/m1/s1. The highest BCUT2D eigenvalue weighted by molar-refractivity contribution is 7.92. The lowest BCUT2D eigenvalue weighted by atomic mass is 10.1. The molecule has 0 fully saturated rings. The Hall–Kier alpha value is -3.12. The minimum absolute atomic E-state index is 0.137. The van der Waals surface area contributed by atoms with E-state index in [0.29, 0.717) is 11.3 Å². The van der Waals surface area contributed by atoms with Gasteiger partial charge in [-0.05, 0) is 56.2 Å². The van der Waals surface area contributed by atoms with Crippen LogP contribution in [0.2, 0.25) is 0 Å². The molecule has 5 nitrogen and oxygen atoms in total. The molecule has 0 aliphatic carbocycles. The molecule has 3 rings (SSSR count). The van der Waals surface area contributed by atoms with E-state index in [-0.39, 0.29) is 18.5 Å². The molecule has 0 spiro atoms. The monoisotopic (exact) mass is 436 g/mol. The fourth-order valence-corrected chi connectivity index (χ4v) is 4.15. The summed E-state index contributed by atoms with van der Waals surface area (Å²) in [7, 11) is -3.49. The fourth-order valence-electron chi connectivity index (χ4n) is 3.26. The van der Waals surface area contributed by atoms with Gasteiger partial charge in [0, 0.05) is 5.56 Å². The molecule has 0 heterocycles. The lowest BCUT2D eigenvalue weighted by Crippen LogP contribution is -2.29. The first-order chi connectivity index (χ1) is 14.6. The molecular weight excluding hydrogens is 408 g/mol. The van der Waals surface area contributed by atoms with Crippen LogP contribution in [-0.2, 0) is 16.6 Å². The summed E-state index contributed by atoms with van der Waals surface area (Å²) in [5.41, 5.74) is 5.20. The third-order valence-electron chi connectivity index (χ3n) is 5.19. The van der Waals surface area contributed by atoms with Crippen molar-refractivity contribution in [3.05, 3.63) is 101 Å². The first-order valence-electron chi connectivity index (χ1n) is 10.1. The molecule has 0 aliphatic rings. The third kappa shape index (κ3) is 5.95. The van der Waals surface area contributed by atoms with E-state index >= 15 is 0 Å². The predicted octanol–water partition coefficient (Wildman–Crippen LogP) is 4.76. The largest absolute Gasteiger partial charge is 0.346 e. The summed E-state index contributed by atoms with van der Waals surface area (Å²) < 4.78 is 26.1. The first kappa shape index (κ1) is 22.6. The van der Waals surface area contributed by atoms with Gasteiger partial charge in [-0.25, -0.2) is 8.42 Å². The van der Waals surface area contributed by atoms with E-state index in [2.05, 4.69) is 5.32 Å². The quantitative estimate of drug-likeness (QED) is 0.581. The van der Waals surface area contributed by atoms with Crippen LogP contribution in [0, 0.1) is 13.8 Å². The minimum Gasteiger partial charge on any atom is -0.346 e. The molecule has 1 N–H and O–H groups in total. The fraction of sp³-hybridized carbons (Fsp3) is 0.240. The first-order valence-corrected chi connectivity index (χ1v) is 12.0. The van der Waals surface area contributed by atoms with Crippen molar-refractivity contribution in [2.24, 2.45) is 0 Å². The smallest absolute Gasteiger partial charge is 0.251 e. The van der Waals surface area contributed by atoms with Crippen LogP contribution in [0.1, 0.15) is 45.6 Å². The van der Waals surface area contributed by atoms with E-state index in [9.17, 15) is 13.2 Å². The zero-order chi connectivity index (χ0) is 22.6. The number of anilines is 1. The van der Waals surface area contributed by atoms with Crippen LogP contribution in [0.15, 0.2) is 72.8 Å². The Morgan fingerprint density at radius 2 is 1.39 bits per heavy atom. The van der Waals surface area contributed by atoms with Crippen LogP contribution >= 0.6 is 0 Å². The van der Waals surface area contributed by atoms with E-state index < -0.39 is 10.0 Å². The number of nitrogens with one attached hydrogen (secondary N) is 1. The second-order valence-corrected chi connectivity index (χ2v) is 9.81. The zero-order valence-corrected chi connectivity index (χ0v) is 19.1. The van der Waals surface area contributed by atoms with Gasteiger partial charge in [-0.1, -0.05) is 59.7 Å². The van der Waals surface area contributed by atoms with Crippen LogP contribution in [0.4, 0.5) is 5.69 Å². The van der Waals surface area contributed by atoms with Crippen LogP contribution in [0.3, 0.4) is 0 Å². The number of nitrogens with zero attached hydrogens (tertiary/aromatic N) is 1. The summed E-state index contributed by atoms with van der Waals surface area (Å²) >= 11 is 0. The maximum atomic E-state index is 12.7. The molecule has 0 unspecified atom stereocenters. The third-order valence-corrected chi connectivity index (χ3v) is 6.33. The SMILES string of the molecule is Cc1ccc(CN(c2ccc(C(=O)N[C@H](C)c3ccc(C)cc3)cc2)S(C)(=O)=O)cc1. The summed E-state index contributed by atoms with van der Waals surface area (Å²) in [6.45, 7) is 6.17. The molecule has 0 bridgehead atoms. The van der Waals surface area contributed by atoms with Crippen molar-refractivity contribution in [3.8, 4) is 0 Å². The van der Waals surface area contributed by atoms with E-state index in [4.69, 9.17) is 0 Å². The highest BCUT2D eigenvalue weighted by Gasteiger charge is 2.19. The molecule has 1 amide bonds. The molecule has 31 heavy (non-hydrogen) atoms. The number of aryl methyl sites for hydroxylation is 2. The van der Waals surface area contributed by atoms with Crippen molar-refractivity contribution < 1.29 is 13.2 Å². The number of rotatable bonds is 7. The minimum atomic E-state index is -3.49. The van der Waals surface area contributed by atoms with Crippen molar-refractivity contribution >= 4 is 21.6 Å². The zero-order valence-electron chi connectivity index (χ0n) is 18.3. The number of carbonyl (C=O) groups excluding carboxylic acids is 1. The van der Waals surface area contributed by atoms with Crippen LogP contribution in [0.5, 0.6) is 0 Å². The van der Waals surface area contributed by atoms with Gasteiger partial charge in [0.25, 0.3) is 5.91 Å². The second kappa shape index (κ2) is 9.35. The van der Waals surface area contributed by atoms with Gasteiger partial charge in [0.1, 0.15) is 0 Å². The predicted molar refractivity (Wildman–Crippen MR) is 126 cm³/mol. The van der Waals surface area contributed by atoms with Gasteiger partial charge in [0.05, 0.1) is 24.5 Å². The molecule has 0 aliphatic heterocycles. The van der Waals surface area contributed by atoms with Crippen LogP contribution in [-0.4, -0.2) is 20.6 Å². The molecule has 0 aromatic heterocycles. The Morgan fingerprint density at radius 1 is 0.871 bits per heavy atom. The molecule has 3 aromatic rings. The summed E-state index contributed by atoms with van der Waals surface area (Å²) in [6.07, 6.45) is 1.19. The van der Waals surface area contributed by atoms with Gasteiger partial charge in [-0.15, -0.1) is 0 Å². The van der Waals surface area contributed by atoms with Crippen molar-refractivity contribution in [1.82, 2.24) is 5.32 Å². The van der Waals surface area contributed by atoms with E-state index in [1.54, 1.807) is 24.3 Å². The molecule has 6 heteroatoms. The van der Waals surface area contributed by atoms with Crippen molar-refractivity contribution in [2.45, 2.75) is 33.4 Å². The van der Waals surface area contributed by atoms with Gasteiger partial charge in [-0.2, -0.15) is 0 Å². The Labute approximate surface area is 184 Å². The van der Waals surface area contributed by atoms with Gasteiger partial charge in [-0.3, -0.25) is 9.10 Å². The summed E-state index contributed by atoms with van der Waals surface area (Å²) in [4.78, 5) is 12.7. The van der Waals surface area contributed by atoms with Crippen LogP contribution < -0.4 is 9.62 Å². The van der Waals surface area contributed by atoms with Gasteiger partial charge < -0.3 is 5.32 Å². The summed E-state index contributed by atoms with van der Waals surface area (Å²) in [5.74, 6) is -0.205. The van der Waals surface area contributed by atoms with E-state index in [1.807, 2.05) is 69.3 Å². The number of hydrogen-bond donors (Lipinski definition) is 1. The summed E-state index contributed by atoms with van der Waals surface area (Å²) in [5, 5.41) is 2.99. The number of carbonyl (C=O) groups is 1.